The SMILES string of the molecule is C[Si](C)(C)C1=CC2C(C(=O)O)C(C(=O)O)C1C2[Si](C)(C)C. The Kier molecular flexibility index (Phi) is 3.77. The van der Waals surface area contributed by atoms with E-state index in [1.54, 1.807) is 0 Å². The molecule has 21 heavy (non-hydrogen) atoms. The fourth-order valence-corrected chi connectivity index (χ4v) is 9.69. The van der Waals surface area contributed by atoms with E-state index in [1.165, 1.54) is 5.20 Å². The molecule has 5 atom stereocenters. The van der Waals surface area contributed by atoms with E-state index in [2.05, 4.69) is 45.4 Å². The smallest absolute Gasteiger partial charge is 0.307 e. The van der Waals surface area contributed by atoms with Gasteiger partial charge in [0.1, 0.15) is 0 Å². The number of carboxylic acids is 2. The van der Waals surface area contributed by atoms with Gasteiger partial charge in [-0.15, -0.1) is 0 Å². The highest BCUT2D eigenvalue weighted by molar-refractivity contribution is 6.84. The first-order valence-corrected chi connectivity index (χ1v) is 14.6. The van der Waals surface area contributed by atoms with E-state index >= 15 is 0 Å². The number of hydrogen-bond acceptors (Lipinski definition) is 2. The van der Waals surface area contributed by atoms with Crippen LogP contribution < -0.4 is 0 Å². The minimum absolute atomic E-state index is 0.0491. The lowest BCUT2D eigenvalue weighted by molar-refractivity contribution is -0.154. The Balaban J connectivity index is 2.59. The van der Waals surface area contributed by atoms with Crippen LogP contribution in [-0.2, 0) is 9.59 Å². The molecule has 118 valence electrons. The van der Waals surface area contributed by atoms with Crippen molar-refractivity contribution in [1.82, 2.24) is 0 Å². The van der Waals surface area contributed by atoms with Crippen LogP contribution in [0.2, 0.25) is 44.8 Å². The lowest BCUT2D eigenvalue weighted by Gasteiger charge is -2.35. The molecule has 0 aromatic heterocycles. The molecule has 5 unspecified atom stereocenters. The Hall–Kier alpha value is -0.886. The summed E-state index contributed by atoms with van der Waals surface area (Å²) in [6.45, 7) is 13.4. The maximum absolute atomic E-state index is 11.8. The van der Waals surface area contributed by atoms with E-state index in [1.807, 2.05) is 0 Å². The summed E-state index contributed by atoms with van der Waals surface area (Å²) in [6, 6.07) is 0. The van der Waals surface area contributed by atoms with Crippen LogP contribution in [-0.4, -0.2) is 38.3 Å². The molecule has 2 rings (SSSR count). The molecule has 0 amide bonds. The quantitative estimate of drug-likeness (QED) is 0.778. The van der Waals surface area contributed by atoms with Gasteiger partial charge in [-0.3, -0.25) is 9.59 Å². The first-order chi connectivity index (χ1) is 9.37. The molecule has 0 spiro atoms. The highest BCUT2D eigenvalue weighted by Gasteiger charge is 2.64. The number of carboxylic acid groups (broad SMARTS) is 2. The van der Waals surface area contributed by atoms with E-state index in [0.717, 1.165) is 0 Å². The number of hydrogen-bond donors (Lipinski definition) is 2. The van der Waals surface area contributed by atoms with Crippen molar-refractivity contribution in [1.29, 1.82) is 0 Å². The maximum atomic E-state index is 11.8. The summed E-state index contributed by atoms with van der Waals surface area (Å²) in [7, 11) is -3.26. The Morgan fingerprint density at radius 1 is 0.952 bits per heavy atom. The van der Waals surface area contributed by atoms with Gasteiger partial charge in [0, 0.05) is 8.07 Å². The predicted molar refractivity (Wildman–Crippen MR) is 87.8 cm³/mol. The van der Waals surface area contributed by atoms with Crippen LogP contribution in [0.15, 0.2) is 11.3 Å². The molecular weight excluding hydrogens is 300 g/mol. The fraction of sp³-hybridized carbons (Fsp3) is 0.733. The summed E-state index contributed by atoms with van der Waals surface area (Å²) in [5, 5.41) is 20.5. The van der Waals surface area contributed by atoms with Gasteiger partial charge in [-0.25, -0.2) is 0 Å². The van der Waals surface area contributed by atoms with Gasteiger partial charge in [0.25, 0.3) is 0 Å². The van der Waals surface area contributed by atoms with Crippen molar-refractivity contribution in [3.8, 4) is 0 Å². The Morgan fingerprint density at radius 3 is 1.76 bits per heavy atom. The van der Waals surface area contributed by atoms with Gasteiger partial charge in [0.15, 0.2) is 0 Å². The molecule has 2 aliphatic carbocycles. The zero-order valence-electron chi connectivity index (χ0n) is 13.7. The highest BCUT2D eigenvalue weighted by Crippen LogP contribution is 2.63. The van der Waals surface area contributed by atoms with Crippen molar-refractivity contribution in [2.45, 2.75) is 44.8 Å². The van der Waals surface area contributed by atoms with Crippen molar-refractivity contribution in [2.24, 2.45) is 23.7 Å². The summed E-state index contributed by atoms with van der Waals surface area (Å²) < 4.78 is 0. The van der Waals surface area contributed by atoms with Gasteiger partial charge in [-0.2, -0.15) is 0 Å². The third kappa shape index (κ3) is 2.52. The summed E-state index contributed by atoms with van der Waals surface area (Å²) >= 11 is 0. The van der Waals surface area contributed by atoms with Crippen molar-refractivity contribution >= 4 is 28.1 Å². The number of carbonyl (C=O) groups is 2. The van der Waals surface area contributed by atoms with Gasteiger partial charge in [0.05, 0.1) is 19.9 Å². The molecular formula is C15H26O4Si2. The van der Waals surface area contributed by atoms with E-state index in [-0.39, 0.29) is 17.4 Å². The topological polar surface area (TPSA) is 74.6 Å². The van der Waals surface area contributed by atoms with Crippen LogP contribution in [0.3, 0.4) is 0 Å². The first kappa shape index (κ1) is 16.5. The molecule has 2 bridgehead atoms. The molecule has 4 nitrogen and oxygen atoms in total. The van der Waals surface area contributed by atoms with Gasteiger partial charge >= 0.3 is 11.9 Å². The van der Waals surface area contributed by atoms with Gasteiger partial charge < -0.3 is 10.2 Å². The van der Waals surface area contributed by atoms with Crippen molar-refractivity contribution < 1.29 is 19.8 Å². The molecule has 0 aliphatic heterocycles. The second-order valence-corrected chi connectivity index (χ2v) is 19.1. The molecule has 0 aromatic carbocycles. The van der Waals surface area contributed by atoms with Crippen molar-refractivity contribution in [3.05, 3.63) is 11.3 Å². The lowest BCUT2D eigenvalue weighted by Crippen LogP contribution is -2.40. The molecule has 2 aliphatic rings. The summed E-state index contributed by atoms with van der Waals surface area (Å²) in [5.41, 5.74) is 0.251. The van der Waals surface area contributed by atoms with Gasteiger partial charge in [0.2, 0.25) is 0 Å². The molecule has 0 heterocycles. The predicted octanol–water partition coefficient (Wildman–Crippen LogP) is 3.16. The molecule has 0 radical (unpaired) electrons. The highest BCUT2D eigenvalue weighted by atomic mass is 28.3. The van der Waals surface area contributed by atoms with Crippen LogP contribution in [0, 0.1) is 23.7 Å². The average Bonchev–Trinajstić information content (AvgIpc) is 2.78. The van der Waals surface area contributed by atoms with Gasteiger partial charge in [-0.1, -0.05) is 50.6 Å². The van der Waals surface area contributed by atoms with Crippen LogP contribution in [0.25, 0.3) is 0 Å². The zero-order chi connectivity index (χ0) is 16.3. The average molecular weight is 327 g/mol. The van der Waals surface area contributed by atoms with E-state index in [0.29, 0.717) is 0 Å². The van der Waals surface area contributed by atoms with E-state index in [4.69, 9.17) is 0 Å². The molecule has 6 heteroatoms. The van der Waals surface area contributed by atoms with Crippen LogP contribution in [0.5, 0.6) is 0 Å². The van der Waals surface area contributed by atoms with Gasteiger partial charge in [-0.05, 0) is 17.4 Å². The first-order valence-electron chi connectivity index (χ1n) is 7.55. The normalized spacial score (nSPS) is 35.7. The number of rotatable bonds is 4. The number of fused-ring (bicyclic) bond motifs is 2. The summed E-state index contributed by atoms with van der Waals surface area (Å²) in [5.74, 6) is -3.49. The minimum atomic E-state index is -1.64. The second kappa shape index (κ2) is 4.81. The molecule has 2 N–H and O–H groups in total. The number of aliphatic carboxylic acids is 2. The van der Waals surface area contributed by atoms with Crippen molar-refractivity contribution in [2.75, 3.05) is 0 Å². The van der Waals surface area contributed by atoms with Crippen molar-refractivity contribution in [3.63, 3.8) is 0 Å². The minimum Gasteiger partial charge on any atom is -0.481 e. The maximum Gasteiger partial charge on any atom is 0.307 e. The Morgan fingerprint density at radius 2 is 1.43 bits per heavy atom. The van der Waals surface area contributed by atoms with Crippen LogP contribution >= 0.6 is 0 Å². The molecule has 1 fully saturated rings. The molecule has 0 saturated heterocycles. The Bertz CT molecular complexity index is 513. The fourth-order valence-electron chi connectivity index (χ4n) is 4.55. The summed E-state index contributed by atoms with van der Waals surface area (Å²) in [6.07, 6.45) is 2.16. The largest absolute Gasteiger partial charge is 0.481 e. The third-order valence-electron chi connectivity index (χ3n) is 5.16. The molecule has 0 aromatic rings. The third-order valence-corrected chi connectivity index (χ3v) is 10.1. The summed E-state index contributed by atoms with van der Waals surface area (Å²) in [4.78, 5) is 23.5. The van der Waals surface area contributed by atoms with E-state index < -0.39 is 39.9 Å². The van der Waals surface area contributed by atoms with Crippen LogP contribution in [0.1, 0.15) is 0 Å². The Labute approximate surface area is 128 Å². The zero-order valence-corrected chi connectivity index (χ0v) is 15.7. The van der Waals surface area contributed by atoms with Crippen LogP contribution in [0.4, 0.5) is 0 Å². The van der Waals surface area contributed by atoms with E-state index in [9.17, 15) is 19.8 Å². The second-order valence-electron chi connectivity index (χ2n) is 8.59. The monoisotopic (exact) mass is 326 g/mol. The molecule has 1 saturated carbocycles. The number of allylic oxidation sites excluding steroid dienone is 2. The lowest BCUT2D eigenvalue weighted by atomic mass is 9.83. The standard InChI is InChI=1S/C15H26O4Si2/c1-20(2,3)9-7-8-10(14(16)17)12(15(18)19)11(9)13(8)21(4,5)6/h7-8,10-13H,1-6H3,(H,16,17)(H,18,19).